The van der Waals surface area contributed by atoms with Gasteiger partial charge in [-0.3, -0.25) is 4.79 Å². The topological polar surface area (TPSA) is 68.0 Å². The van der Waals surface area contributed by atoms with Crippen LogP contribution in [0.1, 0.15) is 57.6 Å². The minimum Gasteiger partial charge on any atom is -0.329 e. The van der Waals surface area contributed by atoms with Gasteiger partial charge in [0.25, 0.3) is 0 Å². The van der Waals surface area contributed by atoms with Crippen LogP contribution in [-0.2, 0) is 4.79 Å². The summed E-state index contributed by atoms with van der Waals surface area (Å²) >= 11 is 1.50. The summed E-state index contributed by atoms with van der Waals surface area (Å²) in [5.41, 5.74) is 6.53. The first kappa shape index (κ1) is 14.5. The third kappa shape index (κ3) is 3.15. The van der Waals surface area contributed by atoms with Gasteiger partial charge < -0.3 is 11.1 Å². The van der Waals surface area contributed by atoms with E-state index in [2.05, 4.69) is 24.1 Å². The molecule has 5 heteroatoms. The highest BCUT2D eigenvalue weighted by Gasteiger charge is 2.38. The van der Waals surface area contributed by atoms with Gasteiger partial charge in [0.2, 0.25) is 5.91 Å². The number of carbonyl (C=O) groups excluding carboxylic acids is 1. The largest absolute Gasteiger partial charge is 0.329 e. The zero-order valence-electron chi connectivity index (χ0n) is 11.7. The molecule has 0 unspecified atom stereocenters. The van der Waals surface area contributed by atoms with Gasteiger partial charge in [0, 0.05) is 11.9 Å². The molecule has 3 N–H and O–H groups in total. The fourth-order valence-corrected chi connectivity index (χ4v) is 3.46. The van der Waals surface area contributed by atoms with Gasteiger partial charge in [-0.05, 0) is 18.8 Å². The van der Waals surface area contributed by atoms with Crippen molar-refractivity contribution in [3.05, 3.63) is 11.1 Å². The van der Waals surface area contributed by atoms with E-state index in [4.69, 9.17) is 5.73 Å². The van der Waals surface area contributed by atoms with Crippen LogP contribution < -0.4 is 11.1 Å². The summed E-state index contributed by atoms with van der Waals surface area (Å²) in [5.74, 6) is 0.444. The van der Waals surface area contributed by atoms with Crippen molar-refractivity contribution in [3.63, 3.8) is 0 Å². The average Bonchev–Trinajstić information content (AvgIpc) is 2.88. The zero-order valence-corrected chi connectivity index (χ0v) is 12.6. The predicted molar refractivity (Wildman–Crippen MR) is 79.4 cm³/mol. The maximum Gasteiger partial charge on any atom is 0.233 e. The molecule has 0 atom stereocenters. The molecule has 1 saturated carbocycles. The van der Waals surface area contributed by atoms with Crippen LogP contribution >= 0.6 is 11.3 Å². The Bertz CT molecular complexity index is 436. The van der Waals surface area contributed by atoms with Crippen LogP contribution in [0.5, 0.6) is 0 Å². The highest BCUT2D eigenvalue weighted by molar-refractivity contribution is 7.13. The quantitative estimate of drug-likeness (QED) is 0.891. The SMILES string of the molecule is CC(C)c1csc(NC(=O)C2(CN)CCCCC2)n1. The number of hydrogen-bond donors (Lipinski definition) is 2. The number of nitrogens with two attached hydrogens (primary N) is 1. The van der Waals surface area contributed by atoms with E-state index in [9.17, 15) is 4.79 Å². The van der Waals surface area contributed by atoms with Gasteiger partial charge in [-0.2, -0.15) is 0 Å². The Labute approximate surface area is 118 Å². The van der Waals surface area contributed by atoms with Gasteiger partial charge in [0.1, 0.15) is 0 Å². The van der Waals surface area contributed by atoms with E-state index in [0.717, 1.165) is 31.4 Å². The smallest absolute Gasteiger partial charge is 0.233 e. The molecule has 0 saturated heterocycles. The number of thiazole rings is 1. The minimum absolute atomic E-state index is 0.0550. The predicted octanol–water partition coefficient (Wildman–Crippen LogP) is 3.11. The second kappa shape index (κ2) is 6.01. The highest BCUT2D eigenvalue weighted by atomic mass is 32.1. The Morgan fingerprint density at radius 3 is 2.68 bits per heavy atom. The van der Waals surface area contributed by atoms with Crippen LogP contribution in [0.25, 0.3) is 0 Å². The fourth-order valence-electron chi connectivity index (χ4n) is 2.59. The van der Waals surface area contributed by atoms with Crippen LogP contribution in [0.15, 0.2) is 5.38 Å². The summed E-state index contributed by atoms with van der Waals surface area (Å²) < 4.78 is 0. The fraction of sp³-hybridized carbons (Fsp3) is 0.714. The Hall–Kier alpha value is -0.940. The number of carbonyl (C=O) groups is 1. The Morgan fingerprint density at radius 1 is 1.47 bits per heavy atom. The van der Waals surface area contributed by atoms with Crippen molar-refractivity contribution < 1.29 is 4.79 Å². The number of hydrogen-bond acceptors (Lipinski definition) is 4. The van der Waals surface area contributed by atoms with Crippen LogP contribution in [0.4, 0.5) is 5.13 Å². The van der Waals surface area contributed by atoms with Crippen molar-refractivity contribution in [1.82, 2.24) is 4.98 Å². The molecule has 4 nitrogen and oxygen atoms in total. The molecular formula is C14H23N3OS. The summed E-state index contributed by atoms with van der Waals surface area (Å²) in [4.78, 5) is 16.9. The first-order valence-electron chi connectivity index (χ1n) is 7.04. The standard InChI is InChI=1S/C14H23N3OS/c1-10(2)11-8-19-13(16-11)17-12(18)14(9-15)6-4-3-5-7-14/h8,10H,3-7,9,15H2,1-2H3,(H,16,17,18). The number of anilines is 1. The molecule has 1 fully saturated rings. The van der Waals surface area contributed by atoms with Crippen LogP contribution in [0, 0.1) is 5.41 Å². The molecule has 106 valence electrons. The molecule has 19 heavy (non-hydrogen) atoms. The molecule has 0 spiro atoms. The van der Waals surface area contributed by atoms with Gasteiger partial charge in [0.05, 0.1) is 11.1 Å². The summed E-state index contributed by atoms with van der Waals surface area (Å²) in [5, 5.41) is 5.68. The van der Waals surface area contributed by atoms with Crippen molar-refractivity contribution in [2.75, 3.05) is 11.9 Å². The van der Waals surface area contributed by atoms with E-state index in [1.807, 2.05) is 5.38 Å². The Kier molecular flexibility index (Phi) is 4.58. The number of nitrogens with one attached hydrogen (secondary N) is 1. The van der Waals surface area contributed by atoms with Crippen LogP contribution in [0.2, 0.25) is 0 Å². The van der Waals surface area contributed by atoms with E-state index in [1.165, 1.54) is 17.8 Å². The second-order valence-corrected chi connectivity index (χ2v) is 6.59. The van der Waals surface area contributed by atoms with Gasteiger partial charge in [-0.25, -0.2) is 4.98 Å². The van der Waals surface area contributed by atoms with E-state index in [1.54, 1.807) is 0 Å². The van der Waals surface area contributed by atoms with Crippen molar-refractivity contribution in [2.45, 2.75) is 51.9 Å². The molecule has 1 amide bonds. The lowest BCUT2D eigenvalue weighted by Crippen LogP contribution is -2.43. The Morgan fingerprint density at radius 2 is 2.16 bits per heavy atom. The molecule has 0 aromatic carbocycles. The van der Waals surface area contributed by atoms with Gasteiger partial charge in [0.15, 0.2) is 5.13 Å². The molecule has 1 aromatic rings. The van der Waals surface area contributed by atoms with E-state index < -0.39 is 0 Å². The molecule has 1 aromatic heterocycles. The normalized spacial score (nSPS) is 18.5. The van der Waals surface area contributed by atoms with E-state index in [0.29, 0.717) is 17.6 Å². The lowest BCUT2D eigenvalue weighted by molar-refractivity contribution is -0.126. The molecule has 0 bridgehead atoms. The second-order valence-electron chi connectivity index (χ2n) is 5.73. The molecule has 0 radical (unpaired) electrons. The maximum absolute atomic E-state index is 12.5. The lowest BCUT2D eigenvalue weighted by Gasteiger charge is -2.34. The summed E-state index contributed by atoms with van der Waals surface area (Å²) in [6.07, 6.45) is 5.21. The van der Waals surface area contributed by atoms with Gasteiger partial charge in [-0.1, -0.05) is 33.1 Å². The summed E-state index contributed by atoms with van der Waals surface area (Å²) in [7, 11) is 0. The van der Waals surface area contributed by atoms with E-state index >= 15 is 0 Å². The van der Waals surface area contributed by atoms with Crippen LogP contribution in [0.3, 0.4) is 0 Å². The molecule has 1 aliphatic carbocycles. The van der Waals surface area contributed by atoms with Crippen molar-refractivity contribution in [3.8, 4) is 0 Å². The van der Waals surface area contributed by atoms with Crippen LogP contribution in [-0.4, -0.2) is 17.4 Å². The monoisotopic (exact) mass is 281 g/mol. The van der Waals surface area contributed by atoms with Crippen molar-refractivity contribution in [2.24, 2.45) is 11.1 Å². The lowest BCUT2D eigenvalue weighted by atomic mass is 9.73. The number of amides is 1. The van der Waals surface area contributed by atoms with Gasteiger partial charge >= 0.3 is 0 Å². The van der Waals surface area contributed by atoms with Crippen molar-refractivity contribution >= 4 is 22.4 Å². The summed E-state index contributed by atoms with van der Waals surface area (Å²) in [6, 6.07) is 0. The number of aromatic nitrogens is 1. The summed E-state index contributed by atoms with van der Waals surface area (Å²) in [6.45, 7) is 4.63. The minimum atomic E-state index is -0.373. The van der Waals surface area contributed by atoms with Gasteiger partial charge in [-0.15, -0.1) is 11.3 Å². The molecule has 0 aliphatic heterocycles. The molecule has 1 heterocycles. The number of nitrogens with zero attached hydrogens (tertiary/aromatic N) is 1. The maximum atomic E-state index is 12.5. The molecular weight excluding hydrogens is 258 g/mol. The molecule has 1 aliphatic rings. The first-order chi connectivity index (χ1) is 9.07. The third-order valence-corrected chi connectivity index (χ3v) is 4.79. The first-order valence-corrected chi connectivity index (χ1v) is 7.92. The third-order valence-electron chi connectivity index (χ3n) is 4.02. The zero-order chi connectivity index (χ0) is 13.9. The number of rotatable bonds is 4. The van der Waals surface area contributed by atoms with E-state index in [-0.39, 0.29) is 11.3 Å². The highest BCUT2D eigenvalue weighted by Crippen LogP contribution is 2.36. The average molecular weight is 281 g/mol. The van der Waals surface area contributed by atoms with Crippen molar-refractivity contribution in [1.29, 1.82) is 0 Å². The Balaban J connectivity index is 2.06. The molecule has 2 rings (SSSR count).